The molecule has 286 valence electrons. The molecule has 0 N–H and O–H groups in total. The second kappa shape index (κ2) is 16.2. The number of benzene rings is 8. The molecule has 10 aromatic rings. The Morgan fingerprint density at radius 1 is 0.467 bits per heavy atom. The zero-order chi connectivity index (χ0) is 40.3. The van der Waals surface area contributed by atoms with Gasteiger partial charge in [0.15, 0.2) is 0 Å². The lowest BCUT2D eigenvalue weighted by Gasteiger charge is -2.27. The van der Waals surface area contributed by atoms with E-state index in [0.717, 1.165) is 39.6 Å². The summed E-state index contributed by atoms with van der Waals surface area (Å²) in [5.41, 5.74) is 15.0. The summed E-state index contributed by atoms with van der Waals surface area (Å²) >= 11 is 0. The zero-order valence-corrected chi connectivity index (χ0v) is 33.4. The summed E-state index contributed by atoms with van der Waals surface area (Å²) in [4.78, 5) is 2.33. The number of hydrogen-bond donors (Lipinski definition) is 0. The number of rotatable bonds is 10. The first kappa shape index (κ1) is 36.5. The maximum absolute atomic E-state index is 2.43. The smallest absolute Gasteiger partial charge is 0.0635 e. The lowest BCUT2D eigenvalue weighted by Crippen LogP contribution is -2.15. The standard InChI is InChI=1S/C57H43N3/c1-2-16-48(26-15-19-42-17-7-3-8-18-42)59(50-32-27-44(28-33-50)43-20-9-4-10-21-43)51-34-29-45(30-35-51)46-31-37-56-54(41-46)52-36-38-55-53(39-40-58(55)47-22-11-5-12-23-47)57(52)60(56)49-24-13-6-14-25-49/h2-41H,1H3/b16-2-,19-15+,48-26+. The Hall–Kier alpha value is -7.88. The highest BCUT2D eigenvalue weighted by molar-refractivity contribution is 6.19. The van der Waals surface area contributed by atoms with E-state index >= 15 is 0 Å². The minimum atomic E-state index is 1.06. The number of anilines is 2. The van der Waals surface area contributed by atoms with Gasteiger partial charge in [-0.1, -0.05) is 152 Å². The molecule has 0 bridgehead atoms. The van der Waals surface area contributed by atoms with Gasteiger partial charge in [-0.25, -0.2) is 0 Å². The van der Waals surface area contributed by atoms with Crippen LogP contribution in [0.15, 0.2) is 242 Å². The molecule has 8 aromatic carbocycles. The molecule has 0 atom stereocenters. The van der Waals surface area contributed by atoms with Gasteiger partial charge in [0.05, 0.1) is 16.6 Å². The predicted molar refractivity (Wildman–Crippen MR) is 255 cm³/mol. The van der Waals surface area contributed by atoms with E-state index in [1.54, 1.807) is 0 Å². The summed E-state index contributed by atoms with van der Waals surface area (Å²) in [6.45, 7) is 2.07. The molecule has 3 nitrogen and oxygen atoms in total. The largest absolute Gasteiger partial charge is 0.316 e. The molecule has 2 aromatic heterocycles. The Balaban J connectivity index is 1.07. The highest BCUT2D eigenvalue weighted by atomic mass is 15.1. The minimum absolute atomic E-state index is 1.06. The first-order valence-electron chi connectivity index (χ1n) is 20.5. The van der Waals surface area contributed by atoms with Gasteiger partial charge < -0.3 is 14.0 Å². The molecular weight excluding hydrogens is 727 g/mol. The van der Waals surface area contributed by atoms with Crippen molar-refractivity contribution in [3.63, 3.8) is 0 Å². The van der Waals surface area contributed by atoms with Gasteiger partial charge in [0.1, 0.15) is 0 Å². The normalized spacial score (nSPS) is 12.1. The maximum Gasteiger partial charge on any atom is 0.0635 e. The molecule has 0 aliphatic heterocycles. The van der Waals surface area contributed by atoms with E-state index in [1.807, 2.05) is 6.07 Å². The molecule has 60 heavy (non-hydrogen) atoms. The van der Waals surface area contributed by atoms with Gasteiger partial charge in [-0.2, -0.15) is 0 Å². The lowest BCUT2D eigenvalue weighted by molar-refractivity contribution is 1.13. The lowest BCUT2D eigenvalue weighted by atomic mass is 10.0. The third-order valence-electron chi connectivity index (χ3n) is 11.3. The van der Waals surface area contributed by atoms with Crippen LogP contribution < -0.4 is 4.90 Å². The van der Waals surface area contributed by atoms with Crippen molar-refractivity contribution in [1.29, 1.82) is 0 Å². The number of para-hydroxylation sites is 2. The van der Waals surface area contributed by atoms with Crippen molar-refractivity contribution in [2.75, 3.05) is 4.90 Å². The van der Waals surface area contributed by atoms with E-state index in [9.17, 15) is 0 Å². The predicted octanol–water partition coefficient (Wildman–Crippen LogP) is 15.4. The van der Waals surface area contributed by atoms with Crippen molar-refractivity contribution in [2.45, 2.75) is 6.92 Å². The van der Waals surface area contributed by atoms with Crippen LogP contribution in [0.3, 0.4) is 0 Å². The zero-order valence-electron chi connectivity index (χ0n) is 33.4. The van der Waals surface area contributed by atoms with Crippen LogP contribution in [0, 0.1) is 0 Å². The molecule has 0 radical (unpaired) electrons. The number of hydrogen-bond acceptors (Lipinski definition) is 1. The number of allylic oxidation sites excluding steroid dienone is 4. The fraction of sp³-hybridized carbons (Fsp3) is 0.0175. The Bertz CT molecular complexity index is 3150. The summed E-state index contributed by atoms with van der Waals surface area (Å²) in [6.07, 6.45) is 12.9. The van der Waals surface area contributed by atoms with Crippen LogP contribution >= 0.6 is 0 Å². The topological polar surface area (TPSA) is 13.1 Å². The molecule has 0 unspecified atom stereocenters. The van der Waals surface area contributed by atoms with Gasteiger partial charge in [-0.3, -0.25) is 0 Å². The summed E-state index contributed by atoms with van der Waals surface area (Å²) < 4.78 is 4.71. The third kappa shape index (κ3) is 6.93. The maximum atomic E-state index is 2.43. The Morgan fingerprint density at radius 3 is 1.67 bits per heavy atom. The number of nitrogens with zero attached hydrogens (tertiary/aromatic N) is 3. The van der Waals surface area contributed by atoms with Crippen molar-refractivity contribution < 1.29 is 0 Å². The van der Waals surface area contributed by atoms with E-state index in [-0.39, 0.29) is 0 Å². The van der Waals surface area contributed by atoms with E-state index in [1.165, 1.54) is 49.4 Å². The van der Waals surface area contributed by atoms with Crippen LogP contribution in [0.5, 0.6) is 0 Å². The van der Waals surface area contributed by atoms with Crippen molar-refractivity contribution in [3.05, 3.63) is 248 Å². The molecule has 0 amide bonds. The van der Waals surface area contributed by atoms with Gasteiger partial charge in [-0.15, -0.1) is 0 Å². The molecule has 2 heterocycles. The molecular formula is C57H43N3. The molecule has 0 aliphatic carbocycles. The monoisotopic (exact) mass is 769 g/mol. The molecule has 0 fully saturated rings. The van der Waals surface area contributed by atoms with Gasteiger partial charge >= 0.3 is 0 Å². The minimum Gasteiger partial charge on any atom is -0.316 e. The first-order chi connectivity index (χ1) is 29.7. The fourth-order valence-electron chi connectivity index (χ4n) is 8.45. The second-order valence-electron chi connectivity index (χ2n) is 15.0. The van der Waals surface area contributed by atoms with Crippen LogP contribution in [0.25, 0.3) is 72.4 Å². The average molecular weight is 770 g/mol. The van der Waals surface area contributed by atoms with Crippen molar-refractivity contribution in [1.82, 2.24) is 9.13 Å². The fourth-order valence-corrected chi connectivity index (χ4v) is 8.45. The van der Waals surface area contributed by atoms with Gasteiger partial charge in [0.25, 0.3) is 0 Å². The SMILES string of the molecule is C\C=C/C(=C\C=C\c1ccccc1)N(c1ccc(-c2ccccc2)cc1)c1ccc(-c2ccc3c(c2)c2ccc4c(ccn4-c4ccccc4)c2n3-c2ccccc2)cc1. The molecule has 0 aliphatic rings. The van der Waals surface area contributed by atoms with E-state index in [2.05, 4.69) is 258 Å². The summed E-state index contributed by atoms with van der Waals surface area (Å²) in [6, 6.07) is 73.9. The van der Waals surface area contributed by atoms with Crippen molar-refractivity contribution in [3.8, 4) is 33.6 Å². The summed E-state index contributed by atoms with van der Waals surface area (Å²) in [5.74, 6) is 0. The van der Waals surface area contributed by atoms with E-state index in [4.69, 9.17) is 0 Å². The highest BCUT2D eigenvalue weighted by Crippen LogP contribution is 2.40. The second-order valence-corrected chi connectivity index (χ2v) is 15.0. The number of fused-ring (bicyclic) bond motifs is 5. The molecule has 0 spiro atoms. The van der Waals surface area contributed by atoms with Gasteiger partial charge in [-0.05, 0) is 120 Å². The summed E-state index contributed by atoms with van der Waals surface area (Å²) in [7, 11) is 0. The molecule has 3 heteroatoms. The van der Waals surface area contributed by atoms with Crippen LogP contribution in [0.2, 0.25) is 0 Å². The van der Waals surface area contributed by atoms with Crippen LogP contribution in [-0.4, -0.2) is 9.13 Å². The summed E-state index contributed by atoms with van der Waals surface area (Å²) in [5, 5.41) is 3.69. The van der Waals surface area contributed by atoms with Crippen molar-refractivity contribution >= 4 is 50.2 Å². The van der Waals surface area contributed by atoms with Crippen LogP contribution in [0.1, 0.15) is 12.5 Å². The molecule has 0 saturated carbocycles. The van der Waals surface area contributed by atoms with Crippen molar-refractivity contribution in [2.24, 2.45) is 0 Å². The molecule has 10 rings (SSSR count). The number of aromatic nitrogens is 2. The Morgan fingerprint density at radius 2 is 1.02 bits per heavy atom. The van der Waals surface area contributed by atoms with E-state index in [0.29, 0.717) is 0 Å². The van der Waals surface area contributed by atoms with E-state index < -0.39 is 0 Å². The Labute approximate surface area is 351 Å². The Kier molecular flexibility index (Phi) is 9.82. The molecule has 0 saturated heterocycles. The van der Waals surface area contributed by atoms with Gasteiger partial charge in [0, 0.05) is 50.8 Å². The first-order valence-corrected chi connectivity index (χ1v) is 20.5. The average Bonchev–Trinajstić information content (AvgIpc) is 3.90. The third-order valence-corrected chi connectivity index (χ3v) is 11.3. The van der Waals surface area contributed by atoms with Crippen LogP contribution in [-0.2, 0) is 0 Å². The highest BCUT2D eigenvalue weighted by Gasteiger charge is 2.19. The van der Waals surface area contributed by atoms with Crippen LogP contribution in [0.4, 0.5) is 11.4 Å². The van der Waals surface area contributed by atoms with Gasteiger partial charge in [0.2, 0.25) is 0 Å². The quantitative estimate of drug-likeness (QED) is 0.126.